The Morgan fingerprint density at radius 3 is 2.00 bits per heavy atom. The minimum atomic E-state index is 0.00375. The van der Waals surface area contributed by atoms with Gasteiger partial charge in [-0.25, -0.2) is 0 Å². The highest BCUT2D eigenvalue weighted by molar-refractivity contribution is 7.93. The summed E-state index contributed by atoms with van der Waals surface area (Å²) in [5, 5.41) is 0.102. The minimum Gasteiger partial charge on any atom is -0.368 e. The van der Waals surface area contributed by atoms with E-state index in [9.17, 15) is 0 Å². The van der Waals surface area contributed by atoms with E-state index in [-0.39, 0.29) is 17.1 Å². The van der Waals surface area contributed by atoms with Gasteiger partial charge >= 0.3 is 0 Å². The largest absolute Gasteiger partial charge is 0.368 e. The van der Waals surface area contributed by atoms with Gasteiger partial charge in [0.05, 0.1) is 12.0 Å². The number of nitrogens with zero attached hydrogens (tertiary/aromatic N) is 3. The Balaban J connectivity index is 3.06. The van der Waals surface area contributed by atoms with E-state index in [1.165, 1.54) is 0 Å². The molecular formula is C3H5N5OS. The third kappa shape index (κ3) is 1.45. The van der Waals surface area contributed by atoms with Crippen molar-refractivity contribution < 1.29 is 4.55 Å². The zero-order valence-electron chi connectivity index (χ0n) is 4.85. The highest BCUT2D eigenvalue weighted by Crippen LogP contribution is 2.08. The fourth-order valence-corrected chi connectivity index (χ4v) is 0.698. The third-order valence-corrected chi connectivity index (χ3v) is 1.08. The minimum absolute atomic E-state index is 0.00375. The molecule has 5 N–H and O–H groups in total. The van der Waals surface area contributed by atoms with E-state index in [1.54, 1.807) is 0 Å². The van der Waals surface area contributed by atoms with E-state index in [1.807, 2.05) is 0 Å². The summed E-state index contributed by atoms with van der Waals surface area (Å²) in [4.78, 5) is 10.6. The molecule has 0 aliphatic carbocycles. The number of nitrogen functional groups attached to an aromatic ring is 2. The summed E-state index contributed by atoms with van der Waals surface area (Å²) >= 11 is 0.375. The lowest BCUT2D eigenvalue weighted by Gasteiger charge is -1.95. The van der Waals surface area contributed by atoms with Crippen molar-refractivity contribution in [2.75, 3.05) is 11.5 Å². The van der Waals surface area contributed by atoms with Crippen LogP contribution in [0, 0.1) is 0 Å². The van der Waals surface area contributed by atoms with Crippen LogP contribution in [-0.2, 0) is 0 Å². The van der Waals surface area contributed by atoms with Crippen molar-refractivity contribution in [2.45, 2.75) is 5.16 Å². The standard InChI is InChI=1S/C3H5N5OS/c4-1-6-2(5)8-3(7-1)10-9/h9H,(H4,4,5,6,7,8). The van der Waals surface area contributed by atoms with Gasteiger partial charge in [0.2, 0.25) is 17.1 Å². The van der Waals surface area contributed by atoms with E-state index >= 15 is 0 Å². The van der Waals surface area contributed by atoms with Crippen LogP contribution < -0.4 is 11.5 Å². The van der Waals surface area contributed by atoms with Gasteiger partial charge in [-0.2, -0.15) is 15.0 Å². The maximum absolute atomic E-state index is 8.44. The molecule has 0 atom stereocenters. The number of anilines is 2. The fraction of sp³-hybridized carbons (Fsp3) is 0. The Labute approximate surface area is 60.9 Å². The number of hydrogen-bond acceptors (Lipinski definition) is 7. The van der Waals surface area contributed by atoms with Gasteiger partial charge in [-0.05, 0) is 0 Å². The molecule has 10 heavy (non-hydrogen) atoms. The molecule has 0 aromatic carbocycles. The molecule has 0 saturated heterocycles. The normalized spacial score (nSPS) is 9.70. The van der Waals surface area contributed by atoms with Crippen molar-refractivity contribution in [3.8, 4) is 0 Å². The second-order valence-corrected chi connectivity index (χ2v) is 1.97. The molecule has 0 unspecified atom stereocenters. The van der Waals surface area contributed by atoms with Crippen LogP contribution in [-0.4, -0.2) is 19.5 Å². The Kier molecular flexibility index (Phi) is 1.88. The van der Waals surface area contributed by atoms with Crippen LogP contribution in [0.1, 0.15) is 0 Å². The van der Waals surface area contributed by atoms with Gasteiger partial charge in [0.25, 0.3) is 0 Å². The molecule has 1 aromatic rings. The van der Waals surface area contributed by atoms with Crippen LogP contribution in [0.15, 0.2) is 5.16 Å². The molecule has 0 radical (unpaired) electrons. The summed E-state index contributed by atoms with van der Waals surface area (Å²) in [5.41, 5.74) is 10.3. The SMILES string of the molecule is Nc1nc(N)nc(SO)n1. The molecule has 6 nitrogen and oxygen atoms in total. The molecule has 0 spiro atoms. The van der Waals surface area contributed by atoms with Crippen LogP contribution in [0.25, 0.3) is 0 Å². The molecule has 0 aliphatic heterocycles. The van der Waals surface area contributed by atoms with Crippen LogP contribution in [0.5, 0.6) is 0 Å². The monoisotopic (exact) mass is 159 g/mol. The van der Waals surface area contributed by atoms with Crippen molar-refractivity contribution in [2.24, 2.45) is 0 Å². The summed E-state index contributed by atoms with van der Waals surface area (Å²) in [6.45, 7) is 0. The molecule has 1 rings (SSSR count). The Hall–Kier alpha value is -1.08. The van der Waals surface area contributed by atoms with Crippen LogP contribution in [0.2, 0.25) is 0 Å². The topological polar surface area (TPSA) is 111 Å². The third-order valence-electron chi connectivity index (χ3n) is 0.731. The first-order valence-electron chi connectivity index (χ1n) is 2.31. The van der Waals surface area contributed by atoms with E-state index < -0.39 is 0 Å². The molecule has 0 fully saturated rings. The quantitative estimate of drug-likeness (QED) is 0.478. The van der Waals surface area contributed by atoms with Gasteiger partial charge in [-0.1, -0.05) is 0 Å². The zero-order chi connectivity index (χ0) is 7.56. The molecule has 7 heteroatoms. The molecule has 54 valence electrons. The van der Waals surface area contributed by atoms with Crippen molar-refractivity contribution in [3.63, 3.8) is 0 Å². The number of nitrogens with two attached hydrogens (primary N) is 2. The van der Waals surface area contributed by atoms with E-state index in [2.05, 4.69) is 15.0 Å². The maximum Gasteiger partial charge on any atom is 0.225 e. The molecule has 0 saturated carbocycles. The van der Waals surface area contributed by atoms with Gasteiger partial charge in [0, 0.05) is 0 Å². The number of aromatic nitrogens is 3. The fourth-order valence-electron chi connectivity index (χ4n) is 0.429. The first-order valence-corrected chi connectivity index (χ1v) is 3.08. The first kappa shape index (κ1) is 7.03. The Bertz CT molecular complexity index is 220. The molecular weight excluding hydrogens is 154 g/mol. The summed E-state index contributed by atoms with van der Waals surface area (Å²) in [7, 11) is 0. The molecule has 1 aromatic heterocycles. The second-order valence-electron chi connectivity index (χ2n) is 1.43. The van der Waals surface area contributed by atoms with Crippen molar-refractivity contribution >= 4 is 23.9 Å². The summed E-state index contributed by atoms with van der Waals surface area (Å²) in [5.74, 6) is 0.00750. The summed E-state index contributed by atoms with van der Waals surface area (Å²) in [6.07, 6.45) is 0. The Morgan fingerprint density at radius 2 is 1.60 bits per heavy atom. The maximum atomic E-state index is 8.44. The first-order chi connectivity index (χ1) is 4.72. The number of hydrogen-bond donors (Lipinski definition) is 3. The number of rotatable bonds is 1. The van der Waals surface area contributed by atoms with Gasteiger partial charge in [-0.3, -0.25) is 0 Å². The lowest BCUT2D eigenvalue weighted by atomic mass is 10.9. The second kappa shape index (κ2) is 2.67. The average Bonchev–Trinajstić information content (AvgIpc) is 1.85. The lowest BCUT2D eigenvalue weighted by molar-refractivity contribution is 0.653. The zero-order valence-corrected chi connectivity index (χ0v) is 5.67. The molecule has 0 aliphatic rings. The van der Waals surface area contributed by atoms with Gasteiger partial charge in [0.1, 0.15) is 0 Å². The van der Waals surface area contributed by atoms with Gasteiger partial charge < -0.3 is 16.0 Å². The van der Waals surface area contributed by atoms with E-state index in [4.69, 9.17) is 16.0 Å². The molecule has 0 bridgehead atoms. The lowest BCUT2D eigenvalue weighted by Crippen LogP contribution is -2.03. The van der Waals surface area contributed by atoms with Crippen LogP contribution >= 0.6 is 12.0 Å². The van der Waals surface area contributed by atoms with Crippen molar-refractivity contribution in [3.05, 3.63) is 0 Å². The smallest absolute Gasteiger partial charge is 0.225 e. The highest BCUT2D eigenvalue weighted by Gasteiger charge is 1.99. The molecule has 0 amide bonds. The predicted molar refractivity (Wildman–Crippen MR) is 37.1 cm³/mol. The summed E-state index contributed by atoms with van der Waals surface area (Å²) < 4.78 is 8.44. The van der Waals surface area contributed by atoms with Crippen LogP contribution in [0.4, 0.5) is 11.9 Å². The van der Waals surface area contributed by atoms with E-state index in [0.717, 1.165) is 0 Å². The van der Waals surface area contributed by atoms with Gasteiger partial charge in [-0.15, -0.1) is 0 Å². The van der Waals surface area contributed by atoms with Crippen molar-refractivity contribution in [1.29, 1.82) is 0 Å². The Morgan fingerprint density at radius 1 is 1.10 bits per heavy atom. The highest BCUT2D eigenvalue weighted by atomic mass is 32.2. The van der Waals surface area contributed by atoms with Crippen LogP contribution in [0.3, 0.4) is 0 Å². The van der Waals surface area contributed by atoms with E-state index in [0.29, 0.717) is 12.0 Å². The van der Waals surface area contributed by atoms with Crippen molar-refractivity contribution in [1.82, 2.24) is 15.0 Å². The summed E-state index contributed by atoms with van der Waals surface area (Å²) in [6, 6.07) is 0. The predicted octanol–water partition coefficient (Wildman–Crippen LogP) is -0.399. The average molecular weight is 159 g/mol. The molecule has 1 heterocycles. The van der Waals surface area contributed by atoms with Gasteiger partial charge in [0.15, 0.2) is 0 Å².